The van der Waals surface area contributed by atoms with Gasteiger partial charge in [0, 0.05) is 31.8 Å². The van der Waals surface area contributed by atoms with Gasteiger partial charge >= 0.3 is 0 Å². The van der Waals surface area contributed by atoms with Gasteiger partial charge in [-0.3, -0.25) is 0 Å². The first-order chi connectivity index (χ1) is 11.9. The van der Waals surface area contributed by atoms with E-state index in [1.807, 2.05) is 39.0 Å². The monoisotopic (exact) mass is 333 g/mol. The zero-order valence-corrected chi connectivity index (χ0v) is 15.5. The van der Waals surface area contributed by atoms with Crippen LogP contribution in [0.4, 0.5) is 0 Å². The van der Waals surface area contributed by atoms with Gasteiger partial charge in [-0.15, -0.1) is 11.3 Å². The number of thiophene rings is 1. The first kappa shape index (κ1) is 16.5. The van der Waals surface area contributed by atoms with E-state index >= 15 is 0 Å². The number of rotatable bonds is 0. The van der Waals surface area contributed by atoms with Crippen LogP contribution in [0.5, 0.6) is 0 Å². The van der Waals surface area contributed by atoms with Crippen molar-refractivity contribution in [1.82, 2.24) is 4.98 Å². The van der Waals surface area contributed by atoms with E-state index in [4.69, 9.17) is 0 Å². The van der Waals surface area contributed by atoms with Crippen molar-refractivity contribution in [3.8, 4) is 0 Å². The maximum Gasteiger partial charge on any atom is 0.0646 e. The molecular formula is C22H23NS. The zero-order chi connectivity index (χ0) is 17.1. The van der Waals surface area contributed by atoms with E-state index in [9.17, 15) is 0 Å². The summed E-state index contributed by atoms with van der Waals surface area (Å²) in [7, 11) is 0. The van der Waals surface area contributed by atoms with E-state index in [1.165, 1.54) is 42.0 Å². The molecule has 0 aliphatic rings. The van der Waals surface area contributed by atoms with Crippen molar-refractivity contribution in [3.63, 3.8) is 0 Å². The van der Waals surface area contributed by atoms with E-state index in [2.05, 4.69) is 65.6 Å². The molecule has 0 aliphatic heterocycles. The topological polar surface area (TPSA) is 15.8 Å². The second-order valence-corrected chi connectivity index (χ2v) is 6.19. The SMILES string of the molecule is CC.CC.c1ccc2c(c1)[nH]c1c2ccc2c3ccccc3sc21. The maximum absolute atomic E-state index is 3.59. The van der Waals surface area contributed by atoms with Gasteiger partial charge in [0.15, 0.2) is 0 Å². The van der Waals surface area contributed by atoms with Crippen LogP contribution >= 0.6 is 11.3 Å². The summed E-state index contributed by atoms with van der Waals surface area (Å²) in [6, 6.07) is 21.7. The van der Waals surface area contributed by atoms with Crippen LogP contribution in [-0.4, -0.2) is 4.98 Å². The van der Waals surface area contributed by atoms with Crippen LogP contribution in [0, 0.1) is 0 Å². The Hall–Kier alpha value is -2.32. The maximum atomic E-state index is 3.59. The fraction of sp³-hybridized carbons (Fsp3) is 0.182. The molecular weight excluding hydrogens is 310 g/mol. The van der Waals surface area contributed by atoms with Gasteiger partial charge in [-0.25, -0.2) is 0 Å². The lowest BCUT2D eigenvalue weighted by atomic mass is 10.1. The van der Waals surface area contributed by atoms with Crippen LogP contribution < -0.4 is 0 Å². The predicted octanol–water partition coefficient (Wildman–Crippen LogP) is 7.74. The number of aromatic amines is 1. The Morgan fingerprint density at radius 1 is 0.625 bits per heavy atom. The summed E-state index contributed by atoms with van der Waals surface area (Å²) in [5.41, 5.74) is 2.48. The molecule has 2 heteroatoms. The van der Waals surface area contributed by atoms with Crippen LogP contribution in [0.15, 0.2) is 60.7 Å². The summed E-state index contributed by atoms with van der Waals surface area (Å²) in [5, 5.41) is 5.33. The van der Waals surface area contributed by atoms with Crippen molar-refractivity contribution in [2.24, 2.45) is 0 Å². The molecule has 1 nitrogen and oxygen atoms in total. The third-order valence-electron chi connectivity index (χ3n) is 4.02. The number of H-pyrrole nitrogens is 1. The minimum Gasteiger partial charge on any atom is -0.353 e. The molecule has 1 N–H and O–H groups in total. The lowest BCUT2D eigenvalue weighted by Crippen LogP contribution is -1.69. The molecule has 2 heterocycles. The number of hydrogen-bond donors (Lipinski definition) is 1. The van der Waals surface area contributed by atoms with Crippen molar-refractivity contribution in [3.05, 3.63) is 60.7 Å². The highest BCUT2D eigenvalue weighted by atomic mass is 32.1. The van der Waals surface area contributed by atoms with Crippen LogP contribution in [0.3, 0.4) is 0 Å². The molecule has 0 spiro atoms. The standard InChI is InChI=1S/C18H11NS.2C2H6/c1-3-7-15-11(5-1)13-9-10-14-12-6-2-4-8-16(12)20-18(14)17(13)19-15;2*1-2/h1-10,19H;2*1-2H3. The van der Waals surface area contributed by atoms with Gasteiger partial charge in [0.05, 0.1) is 10.2 Å². The van der Waals surface area contributed by atoms with Crippen LogP contribution in [0.1, 0.15) is 27.7 Å². The van der Waals surface area contributed by atoms with E-state index in [0.29, 0.717) is 0 Å². The van der Waals surface area contributed by atoms with E-state index < -0.39 is 0 Å². The normalized spacial score (nSPS) is 10.5. The van der Waals surface area contributed by atoms with Gasteiger partial charge in [-0.1, -0.05) is 76.2 Å². The third-order valence-corrected chi connectivity index (χ3v) is 5.23. The summed E-state index contributed by atoms with van der Waals surface area (Å²) in [4.78, 5) is 3.59. The fourth-order valence-electron chi connectivity index (χ4n) is 3.10. The second kappa shape index (κ2) is 7.06. The molecule has 0 aliphatic carbocycles. The Morgan fingerprint density at radius 2 is 1.25 bits per heavy atom. The summed E-state index contributed by atoms with van der Waals surface area (Å²) >= 11 is 1.88. The molecule has 0 radical (unpaired) electrons. The number of fused-ring (bicyclic) bond motifs is 7. The van der Waals surface area contributed by atoms with Crippen molar-refractivity contribution >= 4 is 53.3 Å². The predicted molar refractivity (Wildman–Crippen MR) is 111 cm³/mol. The van der Waals surface area contributed by atoms with Crippen molar-refractivity contribution in [1.29, 1.82) is 0 Å². The number of nitrogens with one attached hydrogen (secondary N) is 1. The van der Waals surface area contributed by atoms with Crippen molar-refractivity contribution < 1.29 is 0 Å². The summed E-state index contributed by atoms with van der Waals surface area (Å²) in [6.45, 7) is 8.00. The Bertz CT molecular complexity index is 1010. The molecule has 3 aromatic carbocycles. The minimum absolute atomic E-state index is 1.22. The van der Waals surface area contributed by atoms with Crippen molar-refractivity contribution in [2.45, 2.75) is 27.7 Å². The highest BCUT2D eigenvalue weighted by Gasteiger charge is 2.11. The van der Waals surface area contributed by atoms with Crippen LogP contribution in [0.2, 0.25) is 0 Å². The Labute approximate surface area is 146 Å². The molecule has 24 heavy (non-hydrogen) atoms. The smallest absolute Gasteiger partial charge is 0.0646 e. The summed E-state index contributed by atoms with van der Waals surface area (Å²) in [5.74, 6) is 0. The van der Waals surface area contributed by atoms with Crippen LogP contribution in [0.25, 0.3) is 42.0 Å². The molecule has 2 aromatic heterocycles. The zero-order valence-electron chi connectivity index (χ0n) is 14.7. The van der Waals surface area contributed by atoms with Gasteiger partial charge in [-0.2, -0.15) is 0 Å². The Morgan fingerprint density at radius 3 is 2.04 bits per heavy atom. The largest absolute Gasteiger partial charge is 0.353 e. The van der Waals surface area contributed by atoms with Gasteiger partial charge in [-0.05, 0) is 12.1 Å². The molecule has 0 bridgehead atoms. The number of para-hydroxylation sites is 1. The minimum atomic E-state index is 1.22. The molecule has 122 valence electrons. The van der Waals surface area contributed by atoms with E-state index in [-0.39, 0.29) is 0 Å². The number of hydrogen-bond acceptors (Lipinski definition) is 1. The van der Waals surface area contributed by atoms with E-state index in [0.717, 1.165) is 0 Å². The van der Waals surface area contributed by atoms with E-state index in [1.54, 1.807) is 0 Å². The molecule has 0 amide bonds. The fourth-order valence-corrected chi connectivity index (χ4v) is 4.30. The molecule has 0 saturated heterocycles. The molecule has 0 atom stereocenters. The molecule has 5 rings (SSSR count). The van der Waals surface area contributed by atoms with Crippen molar-refractivity contribution in [2.75, 3.05) is 0 Å². The average molecular weight is 334 g/mol. The number of benzene rings is 3. The summed E-state index contributed by atoms with van der Waals surface area (Å²) < 4.78 is 2.72. The first-order valence-corrected chi connectivity index (χ1v) is 9.54. The van der Waals surface area contributed by atoms with Gasteiger partial charge < -0.3 is 4.98 Å². The quantitative estimate of drug-likeness (QED) is 0.298. The lowest BCUT2D eigenvalue weighted by molar-refractivity contribution is 1.50. The van der Waals surface area contributed by atoms with Gasteiger partial charge in [0.25, 0.3) is 0 Å². The molecule has 5 aromatic rings. The summed E-state index contributed by atoms with van der Waals surface area (Å²) in [6.07, 6.45) is 0. The van der Waals surface area contributed by atoms with Gasteiger partial charge in [0.2, 0.25) is 0 Å². The lowest BCUT2D eigenvalue weighted by Gasteiger charge is -1.93. The highest BCUT2D eigenvalue weighted by Crippen LogP contribution is 2.39. The second-order valence-electron chi connectivity index (χ2n) is 5.13. The first-order valence-electron chi connectivity index (χ1n) is 8.72. The Balaban J connectivity index is 0.000000396. The van der Waals surface area contributed by atoms with Crippen LogP contribution in [-0.2, 0) is 0 Å². The highest BCUT2D eigenvalue weighted by molar-refractivity contribution is 7.26. The number of aromatic nitrogens is 1. The molecule has 0 fully saturated rings. The van der Waals surface area contributed by atoms with Gasteiger partial charge in [0.1, 0.15) is 0 Å². The third kappa shape index (κ3) is 2.47. The Kier molecular flexibility index (Phi) is 4.86. The molecule has 0 saturated carbocycles. The molecule has 0 unspecified atom stereocenters. The average Bonchev–Trinajstić information content (AvgIpc) is 3.23.